The van der Waals surface area contributed by atoms with E-state index in [0.717, 1.165) is 5.56 Å². The fourth-order valence-corrected chi connectivity index (χ4v) is 4.99. The van der Waals surface area contributed by atoms with E-state index in [0.29, 0.717) is 19.4 Å². The monoisotopic (exact) mass is 406 g/mol. The van der Waals surface area contributed by atoms with Crippen LogP contribution in [0.2, 0.25) is 0 Å². The van der Waals surface area contributed by atoms with Crippen molar-refractivity contribution < 1.29 is 13.2 Å². The molecule has 2 aromatic rings. The molecule has 2 heterocycles. The molecule has 0 saturated carbocycles. The maximum Gasteiger partial charge on any atom is 0.325 e. The second kappa shape index (κ2) is 8.11. The summed E-state index contributed by atoms with van der Waals surface area (Å²) in [6.07, 6.45) is 0.723. The van der Waals surface area contributed by atoms with Crippen LogP contribution in [0, 0.1) is 12.8 Å². The van der Waals surface area contributed by atoms with E-state index in [9.17, 15) is 22.8 Å². The van der Waals surface area contributed by atoms with Crippen LogP contribution in [0.3, 0.4) is 0 Å². The molecule has 1 amide bonds. The first-order chi connectivity index (χ1) is 13.3. The third-order valence-corrected chi connectivity index (χ3v) is 6.86. The lowest BCUT2D eigenvalue weighted by molar-refractivity contribution is -0.126. The second-order valence-electron chi connectivity index (χ2n) is 6.74. The van der Waals surface area contributed by atoms with E-state index >= 15 is 0 Å². The Balaban J connectivity index is 1.64. The molecule has 1 aliphatic rings. The van der Waals surface area contributed by atoms with Gasteiger partial charge in [-0.05, 0) is 25.3 Å². The first-order valence-electron chi connectivity index (χ1n) is 8.94. The Morgan fingerprint density at radius 2 is 1.79 bits per heavy atom. The average molecular weight is 406 g/mol. The number of aryl methyl sites for hydroxylation is 1. The van der Waals surface area contributed by atoms with Crippen molar-refractivity contribution in [3.8, 4) is 0 Å². The van der Waals surface area contributed by atoms with Gasteiger partial charge in [0.05, 0.1) is 0 Å². The molecule has 0 bridgehead atoms. The van der Waals surface area contributed by atoms with Crippen molar-refractivity contribution in [2.75, 3.05) is 13.1 Å². The van der Waals surface area contributed by atoms with Crippen molar-refractivity contribution in [1.82, 2.24) is 19.6 Å². The van der Waals surface area contributed by atoms with Gasteiger partial charge in [0.1, 0.15) is 0 Å². The summed E-state index contributed by atoms with van der Waals surface area (Å²) in [5.74, 6) is -0.399. The number of carbonyl (C=O) groups is 1. The van der Waals surface area contributed by atoms with Gasteiger partial charge in [0.25, 0.3) is 5.56 Å². The molecule has 1 aliphatic heterocycles. The third-order valence-electron chi connectivity index (χ3n) is 4.81. The topological polar surface area (TPSA) is 132 Å². The predicted molar refractivity (Wildman–Crippen MR) is 102 cm³/mol. The molecule has 28 heavy (non-hydrogen) atoms. The van der Waals surface area contributed by atoms with Gasteiger partial charge in [-0.1, -0.05) is 30.3 Å². The molecule has 1 aromatic heterocycles. The van der Waals surface area contributed by atoms with Gasteiger partial charge in [0.15, 0.2) is 4.90 Å². The van der Waals surface area contributed by atoms with Crippen molar-refractivity contribution in [2.45, 2.75) is 31.2 Å². The Kier molecular flexibility index (Phi) is 5.80. The third kappa shape index (κ3) is 4.23. The molecule has 1 saturated heterocycles. The zero-order chi connectivity index (χ0) is 20.3. The Hall–Kier alpha value is -2.72. The highest BCUT2D eigenvalue weighted by Crippen LogP contribution is 2.23. The zero-order valence-electron chi connectivity index (χ0n) is 15.4. The van der Waals surface area contributed by atoms with E-state index in [-0.39, 0.29) is 30.6 Å². The van der Waals surface area contributed by atoms with Crippen LogP contribution in [0.5, 0.6) is 0 Å². The quantitative estimate of drug-likeness (QED) is 0.647. The number of nitrogens with zero attached hydrogens (tertiary/aromatic N) is 1. The van der Waals surface area contributed by atoms with E-state index in [4.69, 9.17) is 0 Å². The Morgan fingerprint density at radius 3 is 2.39 bits per heavy atom. The normalized spacial score (nSPS) is 16.0. The van der Waals surface area contributed by atoms with E-state index in [1.807, 2.05) is 35.3 Å². The molecule has 1 aromatic carbocycles. The van der Waals surface area contributed by atoms with Gasteiger partial charge >= 0.3 is 5.69 Å². The first kappa shape index (κ1) is 20.0. The number of rotatable bonds is 5. The molecule has 0 unspecified atom stereocenters. The number of aromatic nitrogens is 2. The number of benzene rings is 1. The molecular formula is C18H22N4O5S. The summed E-state index contributed by atoms with van der Waals surface area (Å²) in [5, 5.41) is 2.88. The highest BCUT2D eigenvalue weighted by molar-refractivity contribution is 7.89. The van der Waals surface area contributed by atoms with Gasteiger partial charge in [-0.25, -0.2) is 13.2 Å². The maximum atomic E-state index is 12.8. The Morgan fingerprint density at radius 1 is 1.14 bits per heavy atom. The molecule has 0 aliphatic carbocycles. The molecule has 3 N–H and O–H groups in total. The largest absolute Gasteiger partial charge is 0.352 e. The second-order valence-corrected chi connectivity index (χ2v) is 8.62. The number of hydrogen-bond donors (Lipinski definition) is 3. The van der Waals surface area contributed by atoms with E-state index in [1.54, 1.807) is 0 Å². The molecular weight excluding hydrogens is 384 g/mol. The number of nitrogens with one attached hydrogen (secondary N) is 3. The number of sulfonamides is 1. The lowest BCUT2D eigenvalue weighted by Gasteiger charge is -2.30. The van der Waals surface area contributed by atoms with Gasteiger partial charge in [-0.15, -0.1) is 0 Å². The lowest BCUT2D eigenvalue weighted by Crippen LogP contribution is -2.44. The summed E-state index contributed by atoms with van der Waals surface area (Å²) < 4.78 is 26.8. The maximum absolute atomic E-state index is 12.8. The fourth-order valence-electron chi connectivity index (χ4n) is 3.32. The van der Waals surface area contributed by atoms with E-state index in [1.165, 1.54) is 11.2 Å². The van der Waals surface area contributed by atoms with Crippen LogP contribution in [-0.4, -0.2) is 41.7 Å². The van der Waals surface area contributed by atoms with Crippen LogP contribution in [0.4, 0.5) is 0 Å². The standard InChI is InChI=1S/C18H22N4O5S/c1-12-15(17(24)21-18(25)20-12)28(26,27)22-9-7-14(8-10-22)16(23)19-11-13-5-3-2-4-6-13/h2-6,14H,7-11H2,1H3,(H,19,23)(H2,20,21,24,25). The zero-order valence-corrected chi connectivity index (χ0v) is 16.2. The lowest BCUT2D eigenvalue weighted by atomic mass is 9.97. The highest BCUT2D eigenvalue weighted by atomic mass is 32.2. The summed E-state index contributed by atoms with van der Waals surface area (Å²) in [7, 11) is -4.06. The predicted octanol–water partition coefficient (Wildman–Crippen LogP) is 0.0887. The molecule has 0 atom stereocenters. The van der Waals surface area contributed by atoms with Gasteiger partial charge in [-0.2, -0.15) is 4.31 Å². The van der Waals surface area contributed by atoms with Crippen molar-refractivity contribution in [1.29, 1.82) is 0 Å². The molecule has 9 nitrogen and oxygen atoms in total. The summed E-state index contributed by atoms with van der Waals surface area (Å²) in [6.45, 7) is 2.05. The highest BCUT2D eigenvalue weighted by Gasteiger charge is 2.34. The van der Waals surface area contributed by atoms with Gasteiger partial charge in [0.2, 0.25) is 15.9 Å². The van der Waals surface area contributed by atoms with Gasteiger partial charge in [0, 0.05) is 31.2 Å². The van der Waals surface area contributed by atoms with Crippen molar-refractivity contribution in [3.05, 3.63) is 62.4 Å². The summed E-state index contributed by atoms with van der Waals surface area (Å²) >= 11 is 0. The number of carbonyl (C=O) groups excluding carboxylic acids is 1. The van der Waals surface area contributed by atoms with Gasteiger partial charge < -0.3 is 10.3 Å². The van der Waals surface area contributed by atoms with Crippen molar-refractivity contribution >= 4 is 15.9 Å². The van der Waals surface area contributed by atoms with Gasteiger partial charge in [-0.3, -0.25) is 14.6 Å². The first-order valence-corrected chi connectivity index (χ1v) is 10.4. The minimum absolute atomic E-state index is 0.00326. The average Bonchev–Trinajstić information content (AvgIpc) is 2.66. The molecule has 10 heteroatoms. The minimum Gasteiger partial charge on any atom is -0.352 e. The van der Waals surface area contributed by atoms with E-state index < -0.39 is 26.2 Å². The van der Waals surface area contributed by atoms with Crippen LogP contribution in [0.25, 0.3) is 0 Å². The van der Waals surface area contributed by atoms with Crippen LogP contribution in [0.15, 0.2) is 44.8 Å². The molecule has 3 rings (SSSR count). The number of H-pyrrole nitrogens is 2. The number of amides is 1. The summed E-state index contributed by atoms with van der Waals surface area (Å²) in [5.41, 5.74) is -0.709. The fraction of sp³-hybridized carbons (Fsp3) is 0.389. The molecule has 0 radical (unpaired) electrons. The smallest absolute Gasteiger partial charge is 0.325 e. The molecule has 150 valence electrons. The molecule has 1 fully saturated rings. The number of hydrogen-bond acceptors (Lipinski definition) is 5. The SMILES string of the molecule is Cc1[nH]c(=O)[nH]c(=O)c1S(=O)(=O)N1CCC(C(=O)NCc2ccccc2)CC1. The Bertz CT molecular complexity index is 1070. The number of piperidine rings is 1. The summed E-state index contributed by atoms with van der Waals surface area (Å²) in [6, 6.07) is 9.52. The Labute approximate surface area is 161 Å². The van der Waals surface area contributed by atoms with Crippen LogP contribution >= 0.6 is 0 Å². The number of aromatic amines is 2. The van der Waals surface area contributed by atoms with Crippen molar-refractivity contribution in [2.24, 2.45) is 5.92 Å². The molecule has 0 spiro atoms. The van der Waals surface area contributed by atoms with Crippen LogP contribution < -0.4 is 16.6 Å². The minimum atomic E-state index is -4.06. The van der Waals surface area contributed by atoms with Crippen molar-refractivity contribution in [3.63, 3.8) is 0 Å². The summed E-state index contributed by atoms with van der Waals surface area (Å²) in [4.78, 5) is 39.4. The van der Waals surface area contributed by atoms with E-state index in [2.05, 4.69) is 10.3 Å². The van der Waals surface area contributed by atoms with Crippen LogP contribution in [-0.2, 0) is 21.4 Å². The van der Waals surface area contributed by atoms with Crippen LogP contribution in [0.1, 0.15) is 24.1 Å².